The molecule has 3 N–H and O–H groups in total. The molecule has 3 saturated carbocycles. The number of hydrogen-bond donors (Lipinski definition) is 3. The van der Waals surface area contributed by atoms with Gasteiger partial charge in [-0.1, -0.05) is 25.5 Å². The number of fused-ring (bicyclic) bond motifs is 5. The summed E-state index contributed by atoms with van der Waals surface area (Å²) in [6, 6.07) is 0. The number of ketones is 2. The second kappa shape index (κ2) is 9.62. The van der Waals surface area contributed by atoms with E-state index in [1.54, 1.807) is 12.2 Å². The molecular weight excluding hydrogens is 451 g/mol. The van der Waals surface area contributed by atoms with Gasteiger partial charge in [-0.15, -0.1) is 0 Å². The molecule has 0 spiro atoms. The van der Waals surface area contributed by atoms with Crippen LogP contribution in [0.15, 0.2) is 23.8 Å². The minimum absolute atomic E-state index is 0. The van der Waals surface area contributed by atoms with E-state index in [2.05, 4.69) is 6.92 Å². The molecule has 7 atom stereocenters. The van der Waals surface area contributed by atoms with Crippen LogP contribution in [0.4, 0.5) is 0 Å². The van der Waals surface area contributed by atoms with Crippen LogP contribution in [0.3, 0.4) is 0 Å². The van der Waals surface area contributed by atoms with Crippen LogP contribution in [0.2, 0.25) is 0 Å². The molecule has 0 aromatic heterocycles. The Morgan fingerprint density at radius 1 is 1.18 bits per heavy atom. The average molecular weight is 485 g/mol. The van der Waals surface area contributed by atoms with Gasteiger partial charge in [-0.3, -0.25) is 19.2 Å². The summed E-state index contributed by atoms with van der Waals surface area (Å²) in [6.45, 7) is 3.30. The molecule has 4 rings (SSSR count). The van der Waals surface area contributed by atoms with Gasteiger partial charge in [0.2, 0.25) is 5.78 Å². The second-order valence-corrected chi connectivity index (χ2v) is 10.6. The summed E-state index contributed by atoms with van der Waals surface area (Å²) in [6.07, 6.45) is 6.27. The van der Waals surface area contributed by atoms with Crippen molar-refractivity contribution in [2.24, 2.45) is 28.6 Å². The molecule has 8 nitrogen and oxygen atoms in total. The quantitative estimate of drug-likeness (QED) is 0.379. The van der Waals surface area contributed by atoms with Crippen LogP contribution in [0.5, 0.6) is 0 Å². The Hall–Kier alpha value is -1.32. The molecule has 0 radical (unpaired) electrons. The number of carboxylic acids is 1. The van der Waals surface area contributed by atoms with Crippen molar-refractivity contribution < 1.29 is 39.2 Å². The number of carboxylic acid groups (broad SMARTS) is 1. The second-order valence-electron chi connectivity index (χ2n) is 10.6. The van der Waals surface area contributed by atoms with Gasteiger partial charge in [0.1, 0.15) is 5.60 Å². The van der Waals surface area contributed by atoms with Crippen molar-refractivity contribution in [3.63, 3.8) is 0 Å². The Bertz CT molecular complexity index is 957. The predicted molar refractivity (Wildman–Crippen MR) is 123 cm³/mol. The molecule has 4 aliphatic carbocycles. The number of rotatable bonds is 6. The molecule has 9 heteroatoms. The molecule has 0 amide bonds. The number of aliphatic hydroxyl groups excluding tert-OH is 1. The van der Waals surface area contributed by atoms with E-state index in [1.807, 2.05) is 13.0 Å². The summed E-state index contributed by atoms with van der Waals surface area (Å²) in [5.74, 6) is -2.58. The van der Waals surface area contributed by atoms with Gasteiger partial charge in [0.05, 0.1) is 18.9 Å². The first-order valence-electron chi connectivity index (χ1n) is 11.7. The number of Topliss-reactive ketones (excluding diaryl/α,β-unsaturated/α-hetero) is 1. The monoisotopic (exact) mass is 484 g/mol. The third kappa shape index (κ3) is 4.26. The number of carbonyl (C=O) groups excluding carboxylic acids is 3. The van der Waals surface area contributed by atoms with E-state index in [9.17, 15) is 29.4 Å². The summed E-state index contributed by atoms with van der Waals surface area (Å²) in [4.78, 5) is 47.4. The van der Waals surface area contributed by atoms with Gasteiger partial charge < -0.3 is 20.1 Å². The van der Waals surface area contributed by atoms with Gasteiger partial charge in [0.25, 0.3) is 0 Å². The topological polar surface area (TPSA) is 138 Å². The average Bonchev–Trinajstić information content (AvgIpc) is 3.02. The Kier molecular flexibility index (Phi) is 7.71. The Morgan fingerprint density at radius 3 is 2.56 bits per heavy atom. The molecular formula is C25H33NaO8. The van der Waals surface area contributed by atoms with Gasteiger partial charge in [-0.25, -0.2) is 0 Å². The van der Waals surface area contributed by atoms with E-state index >= 15 is 0 Å². The maximum atomic E-state index is 13.1. The van der Waals surface area contributed by atoms with E-state index in [0.717, 1.165) is 18.4 Å². The molecule has 0 aromatic carbocycles. The predicted octanol–water partition coefficient (Wildman–Crippen LogP) is 1.32. The first-order valence-corrected chi connectivity index (χ1v) is 11.7. The molecule has 3 fully saturated rings. The molecule has 0 aromatic rings. The van der Waals surface area contributed by atoms with E-state index in [1.165, 1.54) is 0 Å². The van der Waals surface area contributed by atoms with Crippen molar-refractivity contribution >= 4 is 53.1 Å². The first kappa shape index (κ1) is 27.3. The van der Waals surface area contributed by atoms with Crippen LogP contribution < -0.4 is 0 Å². The van der Waals surface area contributed by atoms with Crippen molar-refractivity contribution in [3.05, 3.63) is 23.8 Å². The Labute approximate surface area is 221 Å². The van der Waals surface area contributed by atoms with Crippen LogP contribution in [0.25, 0.3) is 0 Å². The van der Waals surface area contributed by atoms with Crippen molar-refractivity contribution in [1.82, 2.24) is 0 Å². The van der Waals surface area contributed by atoms with E-state index in [-0.39, 0.29) is 78.8 Å². The standard InChI is InChI=1S/C25H32O8.Na.H/c1-23-9-7-15(26)11-14(23)3-4-16-17-8-10-25(32,24(17,2)12-18(27)22(16)23)19(28)13-33-21(31)6-5-20(29)30;;/h7,9,11,16-18,22,27,32H,3-6,8,10,12-13H2,1-2H3,(H,29,30);;/t16-,17-,18-,22+,23-,24-,25-;;/m0../s1. The fourth-order valence-corrected chi connectivity index (χ4v) is 7.34. The van der Waals surface area contributed by atoms with Crippen molar-refractivity contribution in [1.29, 1.82) is 0 Å². The molecule has 182 valence electrons. The van der Waals surface area contributed by atoms with E-state index < -0.39 is 46.9 Å². The van der Waals surface area contributed by atoms with Crippen molar-refractivity contribution in [2.45, 2.75) is 70.5 Å². The van der Waals surface area contributed by atoms with Gasteiger partial charge in [0.15, 0.2) is 12.4 Å². The van der Waals surface area contributed by atoms with Crippen LogP contribution in [0.1, 0.15) is 58.8 Å². The summed E-state index contributed by atoms with van der Waals surface area (Å²) in [5.41, 5.74) is -1.99. The molecule has 0 heterocycles. The third-order valence-electron chi connectivity index (χ3n) is 9.02. The van der Waals surface area contributed by atoms with Crippen LogP contribution >= 0.6 is 0 Å². The van der Waals surface area contributed by atoms with Crippen LogP contribution in [-0.4, -0.2) is 86.7 Å². The molecule has 0 saturated heterocycles. The van der Waals surface area contributed by atoms with Crippen LogP contribution in [-0.2, 0) is 23.9 Å². The van der Waals surface area contributed by atoms with Crippen LogP contribution in [0, 0.1) is 28.6 Å². The molecule has 4 aliphatic rings. The number of hydrogen-bond acceptors (Lipinski definition) is 7. The third-order valence-corrected chi connectivity index (χ3v) is 9.02. The number of ether oxygens (including phenoxy) is 1. The zero-order chi connectivity index (χ0) is 24.2. The van der Waals surface area contributed by atoms with E-state index in [4.69, 9.17) is 9.84 Å². The SMILES string of the molecule is C[C@]12C=CC(=O)C=C1CC[C@@H]1[C@@H]2[C@@H](O)C[C@@]2(C)[C@H]1CC[C@]2(O)C(=O)COC(=O)CCC(=O)O.[NaH]. The van der Waals surface area contributed by atoms with Gasteiger partial charge in [-0.2, -0.15) is 0 Å². The fourth-order valence-electron chi connectivity index (χ4n) is 7.34. The summed E-state index contributed by atoms with van der Waals surface area (Å²) in [7, 11) is 0. The summed E-state index contributed by atoms with van der Waals surface area (Å²) >= 11 is 0. The van der Waals surface area contributed by atoms with E-state index in [0.29, 0.717) is 6.42 Å². The van der Waals surface area contributed by atoms with Gasteiger partial charge in [-0.05, 0) is 56.1 Å². The number of aliphatic hydroxyl groups is 2. The fraction of sp³-hybridized carbons (Fsp3) is 0.680. The number of aliphatic carboxylic acids is 1. The summed E-state index contributed by atoms with van der Waals surface area (Å²) < 4.78 is 4.96. The zero-order valence-electron chi connectivity index (χ0n) is 19.1. The first-order chi connectivity index (χ1) is 15.4. The molecule has 34 heavy (non-hydrogen) atoms. The van der Waals surface area contributed by atoms with Crippen molar-refractivity contribution in [2.75, 3.05) is 6.61 Å². The molecule has 0 bridgehead atoms. The Balaban J connectivity index is 0.00000324. The number of allylic oxidation sites excluding steroid dienone is 4. The Morgan fingerprint density at radius 2 is 1.88 bits per heavy atom. The van der Waals surface area contributed by atoms with Gasteiger partial charge >= 0.3 is 41.5 Å². The van der Waals surface area contributed by atoms with Crippen molar-refractivity contribution in [3.8, 4) is 0 Å². The zero-order valence-corrected chi connectivity index (χ0v) is 19.1. The molecule has 0 unspecified atom stereocenters. The van der Waals surface area contributed by atoms with Gasteiger partial charge in [0, 0.05) is 16.7 Å². The maximum absolute atomic E-state index is 13.1. The number of esters is 1. The summed E-state index contributed by atoms with van der Waals surface area (Å²) in [5, 5.41) is 31.6. The normalized spacial score (nSPS) is 40.2. The number of carbonyl (C=O) groups is 4. The minimum atomic E-state index is -1.73. The molecule has 0 aliphatic heterocycles.